The van der Waals surface area contributed by atoms with Crippen LogP contribution in [0.2, 0.25) is 0 Å². The molecule has 1 unspecified atom stereocenters. The molecule has 0 saturated carbocycles. The average Bonchev–Trinajstić information content (AvgIpc) is 3.32. The van der Waals surface area contributed by atoms with E-state index in [0.717, 1.165) is 30.9 Å². The van der Waals surface area contributed by atoms with E-state index in [1.54, 1.807) is 44.4 Å². The number of aryl methyl sites for hydroxylation is 2. The van der Waals surface area contributed by atoms with Gasteiger partial charge in [0.05, 0.1) is 16.1 Å². The summed E-state index contributed by atoms with van der Waals surface area (Å²) in [4.78, 5) is 33.9. The lowest BCUT2D eigenvalue weighted by Crippen LogP contribution is -2.35. The fourth-order valence-corrected chi connectivity index (χ4v) is 4.71. The lowest BCUT2D eigenvalue weighted by molar-refractivity contribution is -0.114. The molecule has 2 heterocycles. The molecule has 3 N–H and O–H groups in total. The fraction of sp³-hybridized carbons (Fsp3) is 0.281. The molecule has 3 aromatic rings. The zero-order valence-corrected chi connectivity index (χ0v) is 25.7. The second-order valence-corrected chi connectivity index (χ2v) is 10.9. The lowest BCUT2D eigenvalue weighted by Gasteiger charge is -2.23. The van der Waals surface area contributed by atoms with Crippen molar-refractivity contribution in [2.75, 3.05) is 49.8 Å². The highest BCUT2D eigenvalue weighted by Crippen LogP contribution is 2.23. The molecule has 0 fully saturated rings. The zero-order valence-electron chi connectivity index (χ0n) is 24.9. The van der Waals surface area contributed by atoms with Gasteiger partial charge in [-0.1, -0.05) is 30.1 Å². The first-order valence-corrected chi connectivity index (χ1v) is 14.2. The molecule has 0 bridgehead atoms. The van der Waals surface area contributed by atoms with Crippen LogP contribution in [-0.2, 0) is 11.8 Å². The van der Waals surface area contributed by atoms with Crippen molar-refractivity contribution in [3.8, 4) is 11.8 Å². The molecule has 0 spiro atoms. The van der Waals surface area contributed by atoms with Crippen LogP contribution in [0.15, 0.2) is 71.4 Å². The summed E-state index contributed by atoms with van der Waals surface area (Å²) in [5.74, 6) is 4.07. The Labute approximate surface area is 257 Å². The van der Waals surface area contributed by atoms with Gasteiger partial charge < -0.3 is 25.5 Å². The monoisotopic (exact) mass is 597 g/mol. The SMILES string of the molecule is Cc1cc(C(=O)Nc2cccc(C#CC3C(=S)C(C(=O)N(C)c4ccc(NCCCN(C)C)cc4)=CN=C3O)c2)n(C)n1. The maximum Gasteiger partial charge on any atom is 0.273 e. The number of aromatic nitrogens is 2. The van der Waals surface area contributed by atoms with Crippen molar-refractivity contribution < 1.29 is 14.7 Å². The van der Waals surface area contributed by atoms with Crippen molar-refractivity contribution >= 4 is 51.9 Å². The van der Waals surface area contributed by atoms with Crippen LogP contribution in [0.4, 0.5) is 17.1 Å². The maximum atomic E-state index is 13.4. The van der Waals surface area contributed by atoms with E-state index in [2.05, 4.69) is 37.5 Å². The van der Waals surface area contributed by atoms with E-state index in [4.69, 9.17) is 12.2 Å². The van der Waals surface area contributed by atoms with Gasteiger partial charge in [-0.05, 0) is 82.5 Å². The normalized spacial score (nSPS) is 14.4. The minimum absolute atomic E-state index is 0.187. The summed E-state index contributed by atoms with van der Waals surface area (Å²) in [6.07, 6.45) is 2.30. The van der Waals surface area contributed by atoms with Gasteiger partial charge in [-0.25, -0.2) is 4.99 Å². The van der Waals surface area contributed by atoms with Crippen molar-refractivity contribution in [3.63, 3.8) is 0 Å². The average molecular weight is 598 g/mol. The predicted octanol–water partition coefficient (Wildman–Crippen LogP) is 4.20. The number of anilines is 3. The Morgan fingerprint density at radius 1 is 1.09 bits per heavy atom. The number of hydrogen-bond acceptors (Lipinski definition) is 7. The number of aliphatic hydroxyl groups is 1. The van der Waals surface area contributed by atoms with E-state index in [-0.39, 0.29) is 28.1 Å². The van der Waals surface area contributed by atoms with Gasteiger partial charge in [-0.3, -0.25) is 14.3 Å². The number of amides is 2. The Hall–Kier alpha value is -4.79. The Kier molecular flexibility index (Phi) is 10.1. The van der Waals surface area contributed by atoms with Gasteiger partial charge in [0, 0.05) is 49.5 Å². The Bertz CT molecular complexity index is 1640. The van der Waals surface area contributed by atoms with Crippen molar-refractivity contribution in [2.45, 2.75) is 13.3 Å². The molecule has 0 radical (unpaired) electrons. The summed E-state index contributed by atoms with van der Waals surface area (Å²) in [6, 6.07) is 16.3. The van der Waals surface area contributed by atoms with Gasteiger partial charge in [0.2, 0.25) is 5.90 Å². The molecule has 11 heteroatoms. The number of aliphatic imine (C=N–C) groups is 1. The Morgan fingerprint density at radius 3 is 2.51 bits per heavy atom. The second kappa shape index (κ2) is 13.9. The van der Waals surface area contributed by atoms with E-state index in [9.17, 15) is 14.7 Å². The summed E-state index contributed by atoms with van der Waals surface area (Å²) >= 11 is 5.60. The standard InChI is InChI=1S/C32H35N7O3S/c1-21-18-28(39(5)36-21)31(41)35-24-9-6-8-22(19-24)10-15-26-29(43)27(20-34-30(26)40)32(42)38(4)25-13-11-23(12-14-25)33-16-7-17-37(2)3/h6,8-9,11-14,18-20,26,33H,7,16-17H2,1-5H3,(H,34,40)(H,35,41). The van der Waals surface area contributed by atoms with Crippen LogP contribution in [0, 0.1) is 24.7 Å². The highest BCUT2D eigenvalue weighted by Gasteiger charge is 2.30. The summed E-state index contributed by atoms with van der Waals surface area (Å²) < 4.78 is 1.52. The van der Waals surface area contributed by atoms with Gasteiger partial charge in [0.15, 0.2) is 0 Å². The van der Waals surface area contributed by atoms with Crippen molar-refractivity contribution in [1.29, 1.82) is 0 Å². The van der Waals surface area contributed by atoms with Gasteiger partial charge in [-0.15, -0.1) is 0 Å². The molecular formula is C32H35N7O3S. The summed E-state index contributed by atoms with van der Waals surface area (Å²) in [6.45, 7) is 3.66. The largest absolute Gasteiger partial charge is 0.495 e. The third-order valence-electron chi connectivity index (χ3n) is 6.73. The molecule has 1 atom stereocenters. The molecule has 0 saturated heterocycles. The molecule has 4 rings (SSSR count). The number of thiocarbonyl (C=S) groups is 1. The molecule has 10 nitrogen and oxygen atoms in total. The number of likely N-dealkylation sites (N-methyl/N-ethyl adjacent to an activating group) is 1. The van der Waals surface area contributed by atoms with Gasteiger partial charge in [0.25, 0.3) is 11.8 Å². The topological polar surface area (TPSA) is 115 Å². The number of hydrogen-bond donors (Lipinski definition) is 3. The van der Waals surface area contributed by atoms with Crippen molar-refractivity contribution in [3.05, 3.63) is 83.3 Å². The molecule has 2 amide bonds. The fourth-order valence-electron chi connectivity index (χ4n) is 4.41. The maximum absolute atomic E-state index is 13.4. The third-order valence-corrected chi connectivity index (χ3v) is 7.18. The highest BCUT2D eigenvalue weighted by atomic mass is 32.1. The van der Waals surface area contributed by atoms with Gasteiger partial charge >= 0.3 is 0 Å². The van der Waals surface area contributed by atoms with Crippen LogP contribution in [0.5, 0.6) is 0 Å². The molecule has 2 aromatic carbocycles. The van der Waals surface area contributed by atoms with Crippen molar-refractivity contribution in [2.24, 2.45) is 18.0 Å². The number of carbonyl (C=O) groups excluding carboxylic acids is 2. The van der Waals surface area contributed by atoms with E-state index in [0.29, 0.717) is 22.6 Å². The van der Waals surface area contributed by atoms with Gasteiger partial charge in [0.1, 0.15) is 11.6 Å². The minimum Gasteiger partial charge on any atom is -0.495 e. The van der Waals surface area contributed by atoms with E-state index in [1.165, 1.54) is 15.8 Å². The molecule has 1 aliphatic heterocycles. The van der Waals surface area contributed by atoms with Crippen LogP contribution in [0.3, 0.4) is 0 Å². The Morgan fingerprint density at radius 2 is 1.84 bits per heavy atom. The Balaban J connectivity index is 1.42. The summed E-state index contributed by atoms with van der Waals surface area (Å²) in [7, 11) is 7.46. The second-order valence-electron chi connectivity index (χ2n) is 10.4. The van der Waals surface area contributed by atoms with E-state index in [1.807, 2.05) is 45.3 Å². The first-order chi connectivity index (χ1) is 20.5. The first-order valence-electron chi connectivity index (χ1n) is 13.7. The molecule has 222 valence electrons. The number of rotatable bonds is 9. The van der Waals surface area contributed by atoms with Crippen molar-refractivity contribution in [1.82, 2.24) is 14.7 Å². The number of nitrogens with zero attached hydrogens (tertiary/aromatic N) is 5. The van der Waals surface area contributed by atoms with Crippen LogP contribution in [0.25, 0.3) is 0 Å². The molecule has 0 aliphatic carbocycles. The quantitative estimate of drug-likeness (QED) is 0.192. The highest BCUT2D eigenvalue weighted by molar-refractivity contribution is 7.81. The molecule has 43 heavy (non-hydrogen) atoms. The lowest BCUT2D eigenvalue weighted by atomic mass is 9.96. The van der Waals surface area contributed by atoms with Crippen LogP contribution in [-0.4, -0.2) is 76.6 Å². The van der Waals surface area contributed by atoms with Gasteiger partial charge in [-0.2, -0.15) is 5.10 Å². The van der Waals surface area contributed by atoms with E-state index < -0.39 is 5.92 Å². The number of aliphatic hydroxyl groups excluding tert-OH is 1. The zero-order chi connectivity index (χ0) is 31.1. The predicted molar refractivity (Wildman–Crippen MR) is 175 cm³/mol. The van der Waals surface area contributed by atoms with Crippen LogP contribution >= 0.6 is 12.2 Å². The van der Waals surface area contributed by atoms with Crippen LogP contribution < -0.4 is 15.5 Å². The number of benzene rings is 2. The molecule has 1 aromatic heterocycles. The smallest absolute Gasteiger partial charge is 0.273 e. The third kappa shape index (κ3) is 7.94. The minimum atomic E-state index is -0.934. The number of nitrogens with one attached hydrogen (secondary N) is 2. The first kappa shape index (κ1) is 31.2. The van der Waals surface area contributed by atoms with Crippen LogP contribution in [0.1, 0.15) is 28.2 Å². The van der Waals surface area contributed by atoms with E-state index >= 15 is 0 Å². The number of carbonyl (C=O) groups is 2. The summed E-state index contributed by atoms with van der Waals surface area (Å²) in [5, 5.41) is 20.9. The molecular weight excluding hydrogens is 562 g/mol. The summed E-state index contributed by atoms with van der Waals surface area (Å²) in [5.41, 5.74) is 4.15. The molecule has 1 aliphatic rings.